The predicted molar refractivity (Wildman–Crippen MR) is 66.0 cm³/mol. The van der Waals surface area contributed by atoms with Gasteiger partial charge in [-0.3, -0.25) is 4.79 Å². The van der Waals surface area contributed by atoms with Gasteiger partial charge in [-0.25, -0.2) is 0 Å². The van der Waals surface area contributed by atoms with Crippen molar-refractivity contribution in [2.45, 2.75) is 25.3 Å². The van der Waals surface area contributed by atoms with Crippen molar-refractivity contribution >= 4 is 5.97 Å². The van der Waals surface area contributed by atoms with Crippen LogP contribution >= 0.6 is 0 Å². The maximum atomic E-state index is 10.6. The number of benzene rings is 1. The zero-order chi connectivity index (χ0) is 13.0. The molecule has 3 N–H and O–H groups in total. The Labute approximate surface area is 106 Å². The molecule has 0 fully saturated rings. The highest BCUT2D eigenvalue weighted by molar-refractivity contribution is 5.67. The molecule has 18 heavy (non-hydrogen) atoms. The third-order valence-electron chi connectivity index (χ3n) is 2.75. The first-order valence-electron chi connectivity index (χ1n) is 6.01. The number of carboxylic acid groups (broad SMARTS) is 1. The minimum Gasteiger partial charge on any atom is -0.490 e. The molecule has 1 aromatic rings. The summed E-state index contributed by atoms with van der Waals surface area (Å²) in [6.07, 6.45) is 1.35. The molecule has 5 nitrogen and oxygen atoms in total. The van der Waals surface area contributed by atoms with Crippen molar-refractivity contribution in [2.75, 3.05) is 13.2 Å². The summed E-state index contributed by atoms with van der Waals surface area (Å²) in [4.78, 5) is 10.6. The largest absolute Gasteiger partial charge is 0.490 e. The molecule has 0 radical (unpaired) electrons. The number of hydrogen-bond donors (Lipinski definition) is 2. The fourth-order valence-corrected chi connectivity index (χ4v) is 1.93. The highest BCUT2D eigenvalue weighted by atomic mass is 16.5. The Morgan fingerprint density at radius 1 is 1.33 bits per heavy atom. The van der Waals surface area contributed by atoms with Crippen molar-refractivity contribution in [1.29, 1.82) is 0 Å². The van der Waals surface area contributed by atoms with Crippen LogP contribution in [-0.2, 0) is 11.2 Å². The SMILES string of the molecule is NC(CC(=O)O)Cc1ccc2c(c1)OCCCO2. The Morgan fingerprint density at radius 3 is 2.78 bits per heavy atom. The normalized spacial score (nSPS) is 15.8. The summed E-state index contributed by atoms with van der Waals surface area (Å²) in [5.41, 5.74) is 6.73. The Hall–Kier alpha value is -1.75. The lowest BCUT2D eigenvalue weighted by atomic mass is 10.0. The third kappa shape index (κ3) is 3.37. The van der Waals surface area contributed by atoms with Crippen LogP contribution in [0.15, 0.2) is 18.2 Å². The molecule has 0 aliphatic carbocycles. The van der Waals surface area contributed by atoms with E-state index in [-0.39, 0.29) is 12.5 Å². The van der Waals surface area contributed by atoms with Gasteiger partial charge in [0.2, 0.25) is 0 Å². The van der Waals surface area contributed by atoms with Crippen LogP contribution in [0.3, 0.4) is 0 Å². The number of carbonyl (C=O) groups is 1. The molecule has 98 valence electrons. The van der Waals surface area contributed by atoms with Crippen LogP contribution in [0.2, 0.25) is 0 Å². The Bertz CT molecular complexity index is 433. The number of nitrogens with two attached hydrogens (primary N) is 1. The number of carboxylic acids is 1. The summed E-state index contributed by atoms with van der Waals surface area (Å²) in [6.45, 7) is 1.29. The lowest BCUT2D eigenvalue weighted by Gasteiger charge is -2.12. The molecule has 1 atom stereocenters. The molecule has 0 amide bonds. The first-order valence-corrected chi connectivity index (χ1v) is 6.01. The van der Waals surface area contributed by atoms with Gasteiger partial charge in [0.05, 0.1) is 19.6 Å². The molecular weight excluding hydrogens is 234 g/mol. The number of fused-ring (bicyclic) bond motifs is 1. The molecule has 1 heterocycles. The van der Waals surface area contributed by atoms with Crippen LogP contribution in [0.1, 0.15) is 18.4 Å². The van der Waals surface area contributed by atoms with E-state index in [1.54, 1.807) is 0 Å². The van der Waals surface area contributed by atoms with Gasteiger partial charge in [0.15, 0.2) is 11.5 Å². The van der Waals surface area contributed by atoms with E-state index >= 15 is 0 Å². The lowest BCUT2D eigenvalue weighted by molar-refractivity contribution is -0.137. The van der Waals surface area contributed by atoms with E-state index < -0.39 is 5.97 Å². The van der Waals surface area contributed by atoms with Crippen molar-refractivity contribution in [2.24, 2.45) is 5.73 Å². The number of hydrogen-bond acceptors (Lipinski definition) is 4. The van der Waals surface area contributed by atoms with Crippen molar-refractivity contribution in [3.63, 3.8) is 0 Å². The van der Waals surface area contributed by atoms with Crippen LogP contribution in [0, 0.1) is 0 Å². The average Bonchev–Trinajstić information content (AvgIpc) is 2.52. The van der Waals surface area contributed by atoms with E-state index in [9.17, 15) is 4.79 Å². The molecule has 0 bridgehead atoms. The number of aliphatic carboxylic acids is 1. The van der Waals surface area contributed by atoms with Crippen LogP contribution in [0.5, 0.6) is 11.5 Å². The fraction of sp³-hybridized carbons (Fsp3) is 0.462. The average molecular weight is 251 g/mol. The molecule has 1 aliphatic rings. The van der Waals surface area contributed by atoms with Gasteiger partial charge in [-0.2, -0.15) is 0 Å². The van der Waals surface area contributed by atoms with Gasteiger partial charge < -0.3 is 20.3 Å². The zero-order valence-electron chi connectivity index (χ0n) is 10.1. The summed E-state index contributed by atoms with van der Waals surface area (Å²) in [7, 11) is 0. The number of rotatable bonds is 4. The summed E-state index contributed by atoms with van der Waals surface area (Å²) in [5, 5.41) is 8.67. The topological polar surface area (TPSA) is 81.8 Å². The second-order valence-corrected chi connectivity index (χ2v) is 4.39. The molecule has 1 unspecified atom stereocenters. The smallest absolute Gasteiger partial charge is 0.304 e. The van der Waals surface area contributed by atoms with Crippen LogP contribution < -0.4 is 15.2 Å². The standard InChI is InChI=1S/C13H17NO4/c14-10(8-13(15)16)6-9-2-3-11-12(7-9)18-5-1-4-17-11/h2-3,7,10H,1,4-6,8,14H2,(H,15,16). The minimum atomic E-state index is -0.878. The monoisotopic (exact) mass is 251 g/mol. The van der Waals surface area contributed by atoms with E-state index in [0.29, 0.717) is 25.4 Å². The molecular formula is C13H17NO4. The van der Waals surface area contributed by atoms with E-state index in [4.69, 9.17) is 20.3 Å². The second-order valence-electron chi connectivity index (χ2n) is 4.39. The minimum absolute atomic E-state index is 0.0333. The Kier molecular flexibility index (Phi) is 4.04. The Morgan fingerprint density at radius 2 is 2.06 bits per heavy atom. The highest BCUT2D eigenvalue weighted by Gasteiger charge is 2.13. The Balaban J connectivity index is 2.06. The van der Waals surface area contributed by atoms with E-state index in [0.717, 1.165) is 17.7 Å². The van der Waals surface area contributed by atoms with E-state index in [1.807, 2.05) is 18.2 Å². The fourth-order valence-electron chi connectivity index (χ4n) is 1.93. The van der Waals surface area contributed by atoms with Gasteiger partial charge in [0, 0.05) is 12.5 Å². The lowest BCUT2D eigenvalue weighted by Crippen LogP contribution is -2.26. The quantitative estimate of drug-likeness (QED) is 0.840. The molecule has 0 saturated carbocycles. The van der Waals surface area contributed by atoms with E-state index in [1.165, 1.54) is 0 Å². The van der Waals surface area contributed by atoms with Gasteiger partial charge in [-0.1, -0.05) is 6.07 Å². The van der Waals surface area contributed by atoms with Crippen molar-refractivity contribution in [3.8, 4) is 11.5 Å². The van der Waals surface area contributed by atoms with Gasteiger partial charge >= 0.3 is 5.97 Å². The highest BCUT2D eigenvalue weighted by Crippen LogP contribution is 2.30. The summed E-state index contributed by atoms with van der Waals surface area (Å²) >= 11 is 0. The van der Waals surface area contributed by atoms with Crippen molar-refractivity contribution in [1.82, 2.24) is 0 Å². The second kappa shape index (κ2) is 5.73. The van der Waals surface area contributed by atoms with E-state index in [2.05, 4.69) is 0 Å². The zero-order valence-corrected chi connectivity index (χ0v) is 10.1. The van der Waals surface area contributed by atoms with Gasteiger partial charge in [0.1, 0.15) is 0 Å². The summed E-state index contributed by atoms with van der Waals surface area (Å²) in [5.74, 6) is 0.576. The van der Waals surface area contributed by atoms with Gasteiger partial charge in [-0.05, 0) is 24.1 Å². The first kappa shape index (κ1) is 12.7. The third-order valence-corrected chi connectivity index (χ3v) is 2.75. The van der Waals surface area contributed by atoms with Crippen LogP contribution in [-0.4, -0.2) is 30.3 Å². The van der Waals surface area contributed by atoms with Crippen LogP contribution in [0.4, 0.5) is 0 Å². The maximum absolute atomic E-state index is 10.6. The van der Waals surface area contributed by atoms with Gasteiger partial charge in [0.25, 0.3) is 0 Å². The molecule has 0 spiro atoms. The summed E-state index contributed by atoms with van der Waals surface area (Å²) in [6, 6.07) is 5.24. The molecule has 5 heteroatoms. The van der Waals surface area contributed by atoms with Crippen LogP contribution in [0.25, 0.3) is 0 Å². The molecule has 2 rings (SSSR count). The van der Waals surface area contributed by atoms with Gasteiger partial charge in [-0.15, -0.1) is 0 Å². The van der Waals surface area contributed by atoms with Crippen molar-refractivity contribution in [3.05, 3.63) is 23.8 Å². The summed E-state index contributed by atoms with van der Waals surface area (Å²) < 4.78 is 11.1. The molecule has 1 aromatic carbocycles. The van der Waals surface area contributed by atoms with Crippen molar-refractivity contribution < 1.29 is 19.4 Å². The molecule has 1 aliphatic heterocycles. The molecule has 0 saturated heterocycles. The first-order chi connectivity index (χ1) is 8.65. The number of ether oxygens (including phenoxy) is 2. The maximum Gasteiger partial charge on any atom is 0.304 e. The molecule has 0 aromatic heterocycles. The predicted octanol–water partition coefficient (Wildman–Crippen LogP) is 1.19.